The average molecular weight is 220 g/mol. The largest absolute Gasteiger partial charge is 0.380 e. The van der Waals surface area contributed by atoms with E-state index in [4.69, 9.17) is 4.74 Å². The number of imidazole rings is 1. The van der Waals surface area contributed by atoms with Gasteiger partial charge < -0.3 is 4.74 Å². The van der Waals surface area contributed by atoms with Gasteiger partial charge in [0.05, 0.1) is 24.2 Å². The van der Waals surface area contributed by atoms with E-state index >= 15 is 0 Å². The minimum Gasteiger partial charge on any atom is -0.380 e. The van der Waals surface area contributed by atoms with Crippen molar-refractivity contribution >= 4 is 11.0 Å². The molecule has 0 aliphatic heterocycles. The zero-order valence-corrected chi connectivity index (χ0v) is 9.64. The van der Waals surface area contributed by atoms with Crippen molar-refractivity contribution in [3.63, 3.8) is 0 Å². The maximum atomic E-state index is 12.0. The van der Waals surface area contributed by atoms with Gasteiger partial charge in [0.2, 0.25) is 0 Å². The molecule has 1 aromatic heterocycles. The van der Waals surface area contributed by atoms with Crippen LogP contribution in [0.25, 0.3) is 11.0 Å². The number of aryl methyl sites for hydroxylation is 1. The average Bonchev–Trinajstić information content (AvgIpc) is 2.55. The second kappa shape index (κ2) is 4.53. The van der Waals surface area contributed by atoms with E-state index in [1.165, 1.54) is 0 Å². The van der Waals surface area contributed by atoms with E-state index in [9.17, 15) is 4.79 Å². The molecule has 4 heteroatoms. The Labute approximate surface area is 94.1 Å². The number of hydrogen-bond acceptors (Lipinski definition) is 2. The zero-order chi connectivity index (χ0) is 11.5. The van der Waals surface area contributed by atoms with E-state index in [0.29, 0.717) is 19.8 Å². The summed E-state index contributed by atoms with van der Waals surface area (Å²) in [7, 11) is 1.79. The van der Waals surface area contributed by atoms with Crippen LogP contribution >= 0.6 is 0 Å². The molecule has 1 heterocycles. The first-order chi connectivity index (χ1) is 7.75. The molecule has 2 aromatic rings. The first-order valence-electron chi connectivity index (χ1n) is 5.47. The normalized spacial score (nSPS) is 11.1. The van der Waals surface area contributed by atoms with Crippen LogP contribution < -0.4 is 5.69 Å². The Kier molecular flexibility index (Phi) is 3.10. The molecule has 86 valence electrons. The first kappa shape index (κ1) is 11.0. The van der Waals surface area contributed by atoms with Gasteiger partial charge in [0.1, 0.15) is 0 Å². The van der Waals surface area contributed by atoms with Crippen molar-refractivity contribution in [2.24, 2.45) is 7.05 Å². The highest BCUT2D eigenvalue weighted by Crippen LogP contribution is 2.10. The summed E-state index contributed by atoms with van der Waals surface area (Å²) in [5.41, 5.74) is 1.94. The number of fused-ring (bicyclic) bond motifs is 1. The predicted molar refractivity (Wildman–Crippen MR) is 63.7 cm³/mol. The van der Waals surface area contributed by atoms with Gasteiger partial charge in [-0.05, 0) is 19.1 Å². The molecule has 0 aliphatic carbocycles. The molecule has 0 atom stereocenters. The fraction of sp³-hybridized carbons (Fsp3) is 0.417. The van der Waals surface area contributed by atoms with Gasteiger partial charge in [0.15, 0.2) is 0 Å². The summed E-state index contributed by atoms with van der Waals surface area (Å²) >= 11 is 0. The van der Waals surface area contributed by atoms with Crippen molar-refractivity contribution in [1.29, 1.82) is 0 Å². The van der Waals surface area contributed by atoms with Crippen LogP contribution in [0.5, 0.6) is 0 Å². The molecule has 0 aliphatic rings. The number of hydrogen-bond donors (Lipinski definition) is 0. The number of ether oxygens (including phenoxy) is 1. The molecule has 1 aromatic carbocycles. The van der Waals surface area contributed by atoms with Crippen LogP contribution in [0.15, 0.2) is 29.1 Å². The smallest absolute Gasteiger partial charge is 0.328 e. The number of aromatic nitrogens is 2. The minimum atomic E-state index is 0.0147. The molecule has 4 nitrogen and oxygen atoms in total. The van der Waals surface area contributed by atoms with Crippen molar-refractivity contribution in [2.45, 2.75) is 13.5 Å². The Morgan fingerprint density at radius 1 is 1.25 bits per heavy atom. The van der Waals surface area contributed by atoms with Gasteiger partial charge in [-0.2, -0.15) is 0 Å². The Morgan fingerprint density at radius 2 is 1.94 bits per heavy atom. The molecule has 0 saturated carbocycles. The van der Waals surface area contributed by atoms with Crippen molar-refractivity contribution in [3.8, 4) is 0 Å². The lowest BCUT2D eigenvalue weighted by Crippen LogP contribution is -2.24. The molecule has 0 spiro atoms. The van der Waals surface area contributed by atoms with E-state index in [-0.39, 0.29) is 5.69 Å². The Balaban J connectivity index is 2.43. The fourth-order valence-electron chi connectivity index (χ4n) is 1.88. The monoisotopic (exact) mass is 220 g/mol. The van der Waals surface area contributed by atoms with E-state index in [2.05, 4.69) is 0 Å². The van der Waals surface area contributed by atoms with Gasteiger partial charge in [-0.15, -0.1) is 0 Å². The van der Waals surface area contributed by atoms with Crippen LogP contribution in [0.1, 0.15) is 6.92 Å². The Morgan fingerprint density at radius 3 is 2.62 bits per heavy atom. The van der Waals surface area contributed by atoms with Crippen molar-refractivity contribution in [1.82, 2.24) is 9.13 Å². The summed E-state index contributed by atoms with van der Waals surface area (Å²) in [6.45, 7) is 3.81. The summed E-state index contributed by atoms with van der Waals surface area (Å²) in [4.78, 5) is 12.0. The number of rotatable bonds is 4. The van der Waals surface area contributed by atoms with E-state index in [0.717, 1.165) is 11.0 Å². The van der Waals surface area contributed by atoms with Crippen LogP contribution in [-0.4, -0.2) is 22.3 Å². The highest BCUT2D eigenvalue weighted by atomic mass is 16.5. The van der Waals surface area contributed by atoms with E-state index in [1.807, 2.05) is 31.2 Å². The Bertz CT molecular complexity index is 539. The Hall–Kier alpha value is -1.55. The molecule has 2 rings (SSSR count). The summed E-state index contributed by atoms with van der Waals surface area (Å²) < 4.78 is 8.70. The summed E-state index contributed by atoms with van der Waals surface area (Å²) in [6, 6.07) is 7.80. The molecule has 0 bridgehead atoms. The lowest BCUT2D eigenvalue weighted by atomic mass is 10.3. The number of para-hydroxylation sites is 2. The predicted octanol–water partition coefficient (Wildman–Crippen LogP) is 1.38. The third-order valence-corrected chi connectivity index (χ3v) is 2.72. The standard InChI is InChI=1S/C12H16N2O2/c1-3-16-9-8-14-11-7-5-4-6-10(11)13(2)12(14)15/h4-7H,3,8-9H2,1-2H3. The number of nitrogens with zero attached hydrogens (tertiary/aromatic N) is 2. The molecule has 0 amide bonds. The molecular formula is C12H16N2O2. The lowest BCUT2D eigenvalue weighted by molar-refractivity contribution is 0.139. The molecule has 0 N–H and O–H groups in total. The van der Waals surface area contributed by atoms with Gasteiger partial charge >= 0.3 is 5.69 Å². The fourth-order valence-corrected chi connectivity index (χ4v) is 1.88. The van der Waals surface area contributed by atoms with Gasteiger partial charge in [0, 0.05) is 13.7 Å². The van der Waals surface area contributed by atoms with Crippen molar-refractivity contribution in [2.75, 3.05) is 13.2 Å². The number of benzene rings is 1. The van der Waals surface area contributed by atoms with Crippen molar-refractivity contribution in [3.05, 3.63) is 34.7 Å². The summed E-state index contributed by atoms with van der Waals surface area (Å²) in [5.74, 6) is 0. The van der Waals surface area contributed by atoms with Crippen LogP contribution in [0.2, 0.25) is 0 Å². The molecule has 0 unspecified atom stereocenters. The minimum absolute atomic E-state index is 0.0147. The highest BCUT2D eigenvalue weighted by Gasteiger charge is 2.08. The van der Waals surface area contributed by atoms with E-state index < -0.39 is 0 Å². The van der Waals surface area contributed by atoms with Gasteiger partial charge in [-0.25, -0.2) is 4.79 Å². The third-order valence-electron chi connectivity index (χ3n) is 2.72. The van der Waals surface area contributed by atoms with Gasteiger partial charge in [-0.3, -0.25) is 9.13 Å². The lowest BCUT2D eigenvalue weighted by Gasteiger charge is -2.02. The first-order valence-corrected chi connectivity index (χ1v) is 5.47. The van der Waals surface area contributed by atoms with Crippen molar-refractivity contribution < 1.29 is 4.74 Å². The van der Waals surface area contributed by atoms with Crippen LogP contribution in [0.4, 0.5) is 0 Å². The molecular weight excluding hydrogens is 204 g/mol. The van der Waals surface area contributed by atoms with Crippen LogP contribution in [0, 0.1) is 0 Å². The maximum Gasteiger partial charge on any atom is 0.328 e. The van der Waals surface area contributed by atoms with E-state index in [1.54, 1.807) is 16.2 Å². The second-order valence-corrected chi connectivity index (χ2v) is 3.68. The quantitative estimate of drug-likeness (QED) is 0.730. The molecule has 0 fully saturated rings. The molecule has 0 saturated heterocycles. The second-order valence-electron chi connectivity index (χ2n) is 3.68. The topological polar surface area (TPSA) is 36.2 Å². The SMILES string of the molecule is CCOCCn1c(=O)n(C)c2ccccc21. The van der Waals surface area contributed by atoms with Crippen LogP contribution in [-0.2, 0) is 18.3 Å². The third kappa shape index (κ3) is 1.76. The van der Waals surface area contributed by atoms with Gasteiger partial charge in [0.25, 0.3) is 0 Å². The summed E-state index contributed by atoms with van der Waals surface area (Å²) in [6.07, 6.45) is 0. The molecule has 16 heavy (non-hydrogen) atoms. The molecule has 0 radical (unpaired) electrons. The maximum absolute atomic E-state index is 12.0. The zero-order valence-electron chi connectivity index (χ0n) is 9.64. The summed E-state index contributed by atoms with van der Waals surface area (Å²) in [5, 5.41) is 0. The van der Waals surface area contributed by atoms with Gasteiger partial charge in [-0.1, -0.05) is 12.1 Å². The van der Waals surface area contributed by atoms with Crippen LogP contribution in [0.3, 0.4) is 0 Å². The highest BCUT2D eigenvalue weighted by molar-refractivity contribution is 5.75.